The van der Waals surface area contributed by atoms with Gasteiger partial charge in [0.25, 0.3) is 0 Å². The molecule has 84 valence electrons. The molecule has 4 nitrogen and oxygen atoms in total. The lowest BCUT2D eigenvalue weighted by molar-refractivity contribution is -0.207. The van der Waals surface area contributed by atoms with Gasteiger partial charge in [-0.1, -0.05) is 22.9 Å². The fourth-order valence-corrected chi connectivity index (χ4v) is 3.80. The Hall–Kier alpha value is -0.580. The molecule has 1 amide bonds. The zero-order valence-corrected chi connectivity index (χ0v) is 10.1. The maximum atomic E-state index is 11.6. The van der Waals surface area contributed by atoms with E-state index >= 15 is 0 Å². The molecule has 3 aliphatic carbocycles. The number of hydrogen-bond acceptors (Lipinski definition) is 2. The van der Waals surface area contributed by atoms with Gasteiger partial charge in [-0.05, 0) is 30.1 Å². The van der Waals surface area contributed by atoms with Gasteiger partial charge in [0, 0.05) is 0 Å². The number of carbonyl (C=O) groups excluding carboxylic acids is 1. The molecule has 5 heteroatoms. The molecule has 3 fully saturated rings. The van der Waals surface area contributed by atoms with E-state index in [0.29, 0.717) is 5.41 Å². The highest BCUT2D eigenvalue weighted by atomic mass is 79.9. The van der Waals surface area contributed by atoms with Crippen LogP contribution in [0, 0.1) is 10.8 Å². The summed E-state index contributed by atoms with van der Waals surface area (Å²) in [6, 6.07) is -0.517. The van der Waals surface area contributed by atoms with Crippen molar-refractivity contribution in [2.45, 2.75) is 32.2 Å². The topological polar surface area (TPSA) is 66.4 Å². The second kappa shape index (κ2) is 3.20. The average Bonchev–Trinajstić information content (AvgIpc) is 2.06. The van der Waals surface area contributed by atoms with Crippen LogP contribution in [0.2, 0.25) is 0 Å². The smallest absolute Gasteiger partial charge is 0.405 e. The first-order valence-corrected chi connectivity index (χ1v) is 6.11. The van der Waals surface area contributed by atoms with Gasteiger partial charge in [0.15, 0.2) is 5.78 Å². The Morgan fingerprint density at radius 2 is 2.00 bits per heavy atom. The Morgan fingerprint density at radius 1 is 1.47 bits per heavy atom. The van der Waals surface area contributed by atoms with Crippen molar-refractivity contribution in [2.75, 3.05) is 5.33 Å². The molecule has 0 heterocycles. The number of nitrogens with one attached hydrogen (secondary N) is 1. The molecule has 0 aromatic heterocycles. The molecule has 2 bridgehead atoms. The van der Waals surface area contributed by atoms with Gasteiger partial charge in [-0.15, -0.1) is 0 Å². The molecule has 0 aromatic rings. The number of carbonyl (C=O) groups is 2. The number of alkyl halides is 1. The summed E-state index contributed by atoms with van der Waals surface area (Å²) in [5.74, 6) is -0.0563. The third-order valence-corrected chi connectivity index (χ3v) is 4.22. The molecular weight excluding hydrogens is 262 g/mol. The Labute approximate surface area is 96.5 Å². The van der Waals surface area contributed by atoms with Crippen molar-refractivity contribution in [3.63, 3.8) is 0 Å². The first-order chi connectivity index (χ1) is 6.91. The van der Waals surface area contributed by atoms with Crippen molar-refractivity contribution in [1.82, 2.24) is 5.32 Å². The predicted octanol–water partition coefficient (Wildman–Crippen LogP) is 1.78. The minimum atomic E-state index is -1.11. The second-order valence-corrected chi connectivity index (χ2v) is 5.75. The fourth-order valence-electron chi connectivity index (χ4n) is 3.48. The van der Waals surface area contributed by atoms with Gasteiger partial charge >= 0.3 is 6.09 Å². The largest absolute Gasteiger partial charge is 0.465 e. The van der Waals surface area contributed by atoms with Crippen LogP contribution in [0.4, 0.5) is 4.79 Å². The van der Waals surface area contributed by atoms with Crippen LogP contribution in [0.5, 0.6) is 0 Å². The van der Waals surface area contributed by atoms with Crippen LogP contribution in [-0.4, -0.2) is 28.4 Å². The molecule has 0 radical (unpaired) electrons. The van der Waals surface area contributed by atoms with E-state index in [-0.39, 0.29) is 16.5 Å². The SMILES string of the molecule is CC12CC([C@@H](NC(=O)O)C(=O)CBr)(C1)C2. The number of rotatable bonds is 4. The summed E-state index contributed by atoms with van der Waals surface area (Å²) in [6.45, 7) is 2.19. The molecule has 1 atom stereocenters. The summed E-state index contributed by atoms with van der Waals surface area (Å²) in [7, 11) is 0. The molecule has 0 aromatic carbocycles. The normalized spacial score (nSPS) is 38.5. The first kappa shape index (κ1) is 10.9. The van der Waals surface area contributed by atoms with Crippen LogP contribution >= 0.6 is 15.9 Å². The van der Waals surface area contributed by atoms with Crippen molar-refractivity contribution < 1.29 is 14.7 Å². The number of hydrogen-bond donors (Lipinski definition) is 2. The van der Waals surface area contributed by atoms with E-state index in [2.05, 4.69) is 28.2 Å². The van der Waals surface area contributed by atoms with E-state index in [1.54, 1.807) is 0 Å². The van der Waals surface area contributed by atoms with Gasteiger partial charge in [0.2, 0.25) is 0 Å². The lowest BCUT2D eigenvalue weighted by Gasteiger charge is -2.71. The monoisotopic (exact) mass is 275 g/mol. The molecule has 3 saturated carbocycles. The lowest BCUT2D eigenvalue weighted by Crippen LogP contribution is -2.70. The van der Waals surface area contributed by atoms with E-state index in [1.165, 1.54) is 0 Å². The molecule has 0 aliphatic heterocycles. The van der Waals surface area contributed by atoms with Crippen molar-refractivity contribution in [1.29, 1.82) is 0 Å². The number of amides is 1. The molecule has 0 saturated heterocycles. The molecule has 15 heavy (non-hydrogen) atoms. The Balaban J connectivity index is 2.07. The number of halogens is 1. The maximum Gasteiger partial charge on any atom is 0.405 e. The van der Waals surface area contributed by atoms with E-state index < -0.39 is 12.1 Å². The Kier molecular flexibility index (Phi) is 2.33. The second-order valence-electron chi connectivity index (χ2n) is 5.19. The molecule has 2 N–H and O–H groups in total. The highest BCUT2D eigenvalue weighted by molar-refractivity contribution is 9.09. The van der Waals surface area contributed by atoms with Gasteiger partial charge in [-0.2, -0.15) is 0 Å². The van der Waals surface area contributed by atoms with Crippen molar-refractivity contribution in [3.8, 4) is 0 Å². The average molecular weight is 276 g/mol. The summed E-state index contributed by atoms with van der Waals surface area (Å²) >= 11 is 3.10. The highest BCUT2D eigenvalue weighted by Gasteiger charge is 2.69. The van der Waals surface area contributed by atoms with Crippen LogP contribution in [0.25, 0.3) is 0 Å². The number of Topliss-reactive ketones (excluding diaryl/α,β-unsaturated/α-hetero) is 1. The van der Waals surface area contributed by atoms with Crippen LogP contribution in [-0.2, 0) is 4.79 Å². The van der Waals surface area contributed by atoms with Crippen LogP contribution < -0.4 is 5.32 Å². The summed E-state index contributed by atoms with van der Waals surface area (Å²) in [5, 5.41) is 11.3. The Morgan fingerprint density at radius 3 is 2.33 bits per heavy atom. The molecular formula is C10H14BrNO3. The maximum absolute atomic E-state index is 11.6. The Bertz CT molecular complexity index is 309. The third-order valence-electron chi connectivity index (χ3n) is 3.67. The van der Waals surface area contributed by atoms with Gasteiger partial charge in [-0.3, -0.25) is 4.79 Å². The lowest BCUT2D eigenvalue weighted by atomic mass is 9.33. The van der Waals surface area contributed by atoms with E-state index in [4.69, 9.17) is 5.11 Å². The van der Waals surface area contributed by atoms with Gasteiger partial charge < -0.3 is 10.4 Å². The molecule has 3 aliphatic rings. The van der Waals surface area contributed by atoms with Crippen LogP contribution in [0.15, 0.2) is 0 Å². The molecule has 0 spiro atoms. The number of carboxylic acid groups (broad SMARTS) is 1. The van der Waals surface area contributed by atoms with Gasteiger partial charge in [0.05, 0.1) is 11.4 Å². The zero-order valence-electron chi connectivity index (χ0n) is 8.55. The van der Waals surface area contributed by atoms with Gasteiger partial charge in [-0.25, -0.2) is 4.79 Å². The van der Waals surface area contributed by atoms with Crippen molar-refractivity contribution in [2.24, 2.45) is 10.8 Å². The minimum Gasteiger partial charge on any atom is -0.465 e. The van der Waals surface area contributed by atoms with Crippen LogP contribution in [0.3, 0.4) is 0 Å². The minimum absolute atomic E-state index is 0.0563. The fraction of sp³-hybridized carbons (Fsp3) is 0.800. The molecule has 0 unspecified atom stereocenters. The number of ketones is 1. The van der Waals surface area contributed by atoms with E-state index in [0.717, 1.165) is 19.3 Å². The van der Waals surface area contributed by atoms with Gasteiger partial charge in [0.1, 0.15) is 0 Å². The predicted molar refractivity (Wildman–Crippen MR) is 58.1 cm³/mol. The summed E-state index contributed by atoms with van der Waals surface area (Å²) in [6.07, 6.45) is 1.82. The van der Waals surface area contributed by atoms with E-state index in [1.807, 2.05) is 0 Å². The zero-order chi connectivity index (χ0) is 11.3. The first-order valence-electron chi connectivity index (χ1n) is 4.99. The third kappa shape index (κ3) is 1.57. The molecule has 3 rings (SSSR count). The summed E-state index contributed by atoms with van der Waals surface area (Å²) in [5.41, 5.74) is 0.309. The van der Waals surface area contributed by atoms with E-state index in [9.17, 15) is 9.59 Å². The standard InChI is InChI=1S/C10H14BrNO3/c1-9-3-10(4-9,5-9)7(6(13)2-11)12-8(14)15/h7,12H,2-5H2,1H3,(H,14,15)/t7-,9?,10?/m0/s1. The highest BCUT2D eigenvalue weighted by Crippen LogP contribution is 2.74. The van der Waals surface area contributed by atoms with Crippen molar-refractivity contribution in [3.05, 3.63) is 0 Å². The van der Waals surface area contributed by atoms with Crippen molar-refractivity contribution >= 4 is 27.8 Å². The summed E-state index contributed by atoms with van der Waals surface area (Å²) in [4.78, 5) is 22.3. The van der Waals surface area contributed by atoms with Crippen LogP contribution in [0.1, 0.15) is 26.2 Å². The summed E-state index contributed by atoms with van der Waals surface area (Å²) < 4.78 is 0. The quantitative estimate of drug-likeness (QED) is 0.769.